The van der Waals surface area contributed by atoms with E-state index >= 15 is 0 Å². The number of anilines is 1. The van der Waals surface area contributed by atoms with Crippen molar-refractivity contribution in [3.8, 4) is 0 Å². The zero-order valence-corrected chi connectivity index (χ0v) is 12.7. The lowest BCUT2D eigenvalue weighted by atomic mass is 9.74. The highest BCUT2D eigenvalue weighted by Crippen LogP contribution is 2.43. The maximum Gasteiger partial charge on any atom is 0.196 e. The molecule has 1 aliphatic heterocycles. The van der Waals surface area contributed by atoms with E-state index in [4.69, 9.17) is 5.73 Å². The summed E-state index contributed by atoms with van der Waals surface area (Å²) in [6, 6.07) is 6.88. The number of benzene rings is 1. The highest BCUT2D eigenvalue weighted by atomic mass is 19.1. The summed E-state index contributed by atoms with van der Waals surface area (Å²) in [7, 11) is 0. The van der Waals surface area contributed by atoms with Crippen LogP contribution in [0.4, 0.5) is 10.1 Å². The second-order valence-corrected chi connectivity index (χ2v) is 6.42. The van der Waals surface area contributed by atoms with Crippen LogP contribution in [0, 0.1) is 11.7 Å². The molecule has 0 aromatic heterocycles. The van der Waals surface area contributed by atoms with Crippen molar-refractivity contribution in [3.05, 3.63) is 30.1 Å². The highest BCUT2D eigenvalue weighted by molar-refractivity contribution is 5.98. The van der Waals surface area contributed by atoms with Crippen LogP contribution in [0.15, 0.2) is 29.3 Å². The van der Waals surface area contributed by atoms with Gasteiger partial charge in [-0.3, -0.25) is 4.99 Å². The number of nitrogens with zero attached hydrogens (tertiary/aromatic N) is 2. The van der Waals surface area contributed by atoms with Gasteiger partial charge in [0, 0.05) is 0 Å². The molecule has 0 saturated heterocycles. The first-order chi connectivity index (χ1) is 10.2. The lowest BCUT2D eigenvalue weighted by Crippen LogP contribution is -2.54. The Morgan fingerprint density at radius 2 is 2.05 bits per heavy atom. The van der Waals surface area contributed by atoms with Crippen LogP contribution < -0.4 is 10.6 Å². The fraction of sp³-hybridized carbons (Fsp3) is 0.588. The molecule has 1 aliphatic carbocycles. The molecule has 1 spiro atoms. The van der Waals surface area contributed by atoms with Crippen molar-refractivity contribution < 1.29 is 4.39 Å². The zero-order valence-electron chi connectivity index (χ0n) is 12.7. The smallest absolute Gasteiger partial charge is 0.196 e. The number of hydrogen-bond acceptors (Lipinski definition) is 3. The van der Waals surface area contributed by atoms with E-state index in [1.807, 2.05) is 17.0 Å². The molecule has 0 unspecified atom stereocenters. The predicted molar refractivity (Wildman–Crippen MR) is 85.0 cm³/mol. The summed E-state index contributed by atoms with van der Waals surface area (Å²) in [5, 5.41) is 0. The Hall–Kier alpha value is -1.58. The van der Waals surface area contributed by atoms with Crippen LogP contribution in [0.5, 0.6) is 0 Å². The van der Waals surface area contributed by atoms with Crippen molar-refractivity contribution in [3.63, 3.8) is 0 Å². The topological polar surface area (TPSA) is 41.6 Å². The molecule has 3 rings (SSSR count). The van der Waals surface area contributed by atoms with Crippen LogP contribution in [0.25, 0.3) is 0 Å². The molecule has 4 heteroatoms. The van der Waals surface area contributed by atoms with E-state index in [-0.39, 0.29) is 11.4 Å². The highest BCUT2D eigenvalue weighted by Gasteiger charge is 2.45. The maximum atomic E-state index is 14.2. The number of guanidine groups is 1. The molecule has 1 fully saturated rings. The van der Waals surface area contributed by atoms with Gasteiger partial charge >= 0.3 is 0 Å². The number of rotatable bonds is 3. The van der Waals surface area contributed by atoms with Crippen LogP contribution >= 0.6 is 0 Å². The van der Waals surface area contributed by atoms with E-state index in [0.29, 0.717) is 18.2 Å². The Morgan fingerprint density at radius 3 is 2.71 bits per heavy atom. The van der Waals surface area contributed by atoms with Gasteiger partial charge in [0.1, 0.15) is 5.82 Å². The van der Waals surface area contributed by atoms with Crippen molar-refractivity contribution in [2.45, 2.75) is 51.0 Å². The van der Waals surface area contributed by atoms with Crippen LogP contribution in [0.3, 0.4) is 0 Å². The average molecular weight is 289 g/mol. The second-order valence-electron chi connectivity index (χ2n) is 6.42. The van der Waals surface area contributed by atoms with Crippen LogP contribution in [0.1, 0.15) is 45.4 Å². The van der Waals surface area contributed by atoms with E-state index < -0.39 is 0 Å². The Balaban J connectivity index is 1.85. The molecule has 2 N–H and O–H groups in total. The first kappa shape index (κ1) is 14.4. The van der Waals surface area contributed by atoms with Gasteiger partial charge in [0.2, 0.25) is 0 Å². The minimum Gasteiger partial charge on any atom is -0.369 e. The summed E-state index contributed by atoms with van der Waals surface area (Å²) < 4.78 is 14.2. The molecular formula is C17H24FN3. The van der Waals surface area contributed by atoms with Gasteiger partial charge in [-0.15, -0.1) is 0 Å². The minimum absolute atomic E-state index is 0.101. The van der Waals surface area contributed by atoms with Crippen LogP contribution in [-0.4, -0.2) is 18.0 Å². The molecule has 0 bridgehead atoms. The third-order valence-electron chi connectivity index (χ3n) is 5.06. The number of aliphatic imine (C=N–C) groups is 1. The van der Waals surface area contributed by atoms with Crippen molar-refractivity contribution in [1.82, 2.24) is 0 Å². The fourth-order valence-corrected chi connectivity index (χ4v) is 3.92. The second kappa shape index (κ2) is 5.66. The predicted octanol–water partition coefficient (Wildman–Crippen LogP) is 3.69. The Bertz CT molecular complexity index is 533. The molecule has 1 saturated carbocycles. The third kappa shape index (κ3) is 2.52. The third-order valence-corrected chi connectivity index (χ3v) is 5.06. The lowest BCUT2D eigenvalue weighted by Gasteiger charge is -2.44. The minimum atomic E-state index is -0.215. The molecule has 1 heterocycles. The molecular weight excluding hydrogens is 265 g/mol. The van der Waals surface area contributed by atoms with E-state index in [2.05, 4.69) is 11.9 Å². The maximum absolute atomic E-state index is 14.2. The molecule has 1 aromatic carbocycles. The summed E-state index contributed by atoms with van der Waals surface area (Å²) in [6.45, 7) is 2.94. The van der Waals surface area contributed by atoms with Gasteiger partial charge < -0.3 is 10.6 Å². The van der Waals surface area contributed by atoms with E-state index in [1.54, 1.807) is 6.07 Å². The van der Waals surface area contributed by atoms with E-state index in [9.17, 15) is 4.39 Å². The Labute approximate surface area is 126 Å². The number of hydrogen-bond donors (Lipinski definition) is 1. The summed E-state index contributed by atoms with van der Waals surface area (Å²) in [6.07, 6.45) is 7.04. The number of para-hydroxylation sites is 1. The monoisotopic (exact) mass is 289 g/mol. The summed E-state index contributed by atoms with van der Waals surface area (Å²) in [5.41, 5.74) is 6.56. The molecule has 114 valence electrons. The molecule has 0 radical (unpaired) electrons. The van der Waals surface area contributed by atoms with Gasteiger partial charge in [0.05, 0.1) is 17.8 Å². The number of halogens is 1. The summed E-state index contributed by atoms with van der Waals surface area (Å²) >= 11 is 0. The summed E-state index contributed by atoms with van der Waals surface area (Å²) in [5.74, 6) is 1.06. The first-order valence-corrected chi connectivity index (χ1v) is 8.01. The van der Waals surface area contributed by atoms with E-state index in [1.165, 1.54) is 31.7 Å². The zero-order chi connectivity index (χ0) is 14.9. The van der Waals surface area contributed by atoms with Gasteiger partial charge in [-0.1, -0.05) is 31.9 Å². The Morgan fingerprint density at radius 1 is 1.33 bits per heavy atom. The number of nitrogens with two attached hydrogens (primary N) is 1. The van der Waals surface area contributed by atoms with Crippen molar-refractivity contribution in [2.24, 2.45) is 16.6 Å². The quantitative estimate of drug-likeness (QED) is 0.922. The van der Waals surface area contributed by atoms with Gasteiger partial charge in [0.25, 0.3) is 0 Å². The van der Waals surface area contributed by atoms with Crippen molar-refractivity contribution in [2.75, 3.05) is 11.4 Å². The van der Waals surface area contributed by atoms with Gasteiger partial charge in [-0.2, -0.15) is 0 Å². The van der Waals surface area contributed by atoms with Gasteiger partial charge in [-0.25, -0.2) is 4.39 Å². The molecule has 0 atom stereocenters. The Kier molecular flexibility index (Phi) is 3.87. The molecule has 2 aliphatic rings. The van der Waals surface area contributed by atoms with Crippen molar-refractivity contribution in [1.29, 1.82) is 0 Å². The van der Waals surface area contributed by atoms with Gasteiger partial charge in [-0.05, 0) is 43.7 Å². The molecule has 1 aromatic rings. The molecule has 0 amide bonds. The van der Waals surface area contributed by atoms with Crippen LogP contribution in [0.2, 0.25) is 0 Å². The van der Waals surface area contributed by atoms with Crippen molar-refractivity contribution >= 4 is 11.6 Å². The summed E-state index contributed by atoms with van der Waals surface area (Å²) in [4.78, 5) is 6.40. The molecule has 3 nitrogen and oxygen atoms in total. The molecule has 21 heavy (non-hydrogen) atoms. The van der Waals surface area contributed by atoms with Gasteiger partial charge in [0.15, 0.2) is 5.96 Å². The van der Waals surface area contributed by atoms with E-state index in [0.717, 1.165) is 18.8 Å². The first-order valence-electron chi connectivity index (χ1n) is 8.01. The SMILES string of the molecule is CCCC1CCC2(CC1)CN=C(N)N2c1ccccc1F. The lowest BCUT2D eigenvalue weighted by molar-refractivity contribution is 0.238. The largest absolute Gasteiger partial charge is 0.369 e. The average Bonchev–Trinajstić information content (AvgIpc) is 2.80. The standard InChI is InChI=1S/C17H24FN3/c1-2-5-13-8-10-17(11-9-13)12-20-16(19)21(17)15-7-4-3-6-14(15)18/h3-4,6-7,13H,2,5,8-12H2,1H3,(H2,19,20). The fourth-order valence-electron chi connectivity index (χ4n) is 3.92. The van der Waals surface area contributed by atoms with Crippen LogP contribution in [-0.2, 0) is 0 Å². The normalized spacial score (nSPS) is 29.0.